The van der Waals surface area contributed by atoms with Crippen molar-refractivity contribution in [2.45, 2.75) is 33.9 Å². The maximum absolute atomic E-state index is 14.6. The van der Waals surface area contributed by atoms with E-state index in [4.69, 9.17) is 18.9 Å². The van der Waals surface area contributed by atoms with Crippen molar-refractivity contribution in [3.8, 4) is 45.3 Å². The molecule has 3 aromatic carbocycles. The van der Waals surface area contributed by atoms with Gasteiger partial charge in [0.05, 0.1) is 5.56 Å². The van der Waals surface area contributed by atoms with E-state index < -0.39 is 23.7 Å². The number of carbonyl (C=O) groups excluding carboxylic acids is 2. The van der Waals surface area contributed by atoms with Crippen LogP contribution in [-0.4, -0.2) is 25.2 Å². The van der Waals surface area contributed by atoms with Gasteiger partial charge in [-0.25, -0.2) is 9.59 Å². The summed E-state index contributed by atoms with van der Waals surface area (Å²) in [6.07, 6.45) is 2.17. The van der Waals surface area contributed by atoms with Crippen molar-refractivity contribution in [1.29, 1.82) is 0 Å². The minimum Gasteiger partial charge on any atom is -0.489 e. The minimum atomic E-state index is -4.75. The third-order valence-corrected chi connectivity index (χ3v) is 6.09. The van der Waals surface area contributed by atoms with Crippen LogP contribution in [-0.2, 0) is 15.8 Å². The number of halogens is 3. The molecule has 0 heterocycles. The van der Waals surface area contributed by atoms with Gasteiger partial charge in [0.15, 0.2) is 0 Å². The second kappa shape index (κ2) is 14.9. The highest BCUT2D eigenvalue weighted by molar-refractivity contribution is 5.90. The molecule has 9 heteroatoms. The van der Waals surface area contributed by atoms with Crippen molar-refractivity contribution in [3.63, 3.8) is 0 Å². The molecule has 0 saturated carbocycles. The molecule has 0 spiro atoms. The van der Waals surface area contributed by atoms with Gasteiger partial charge >= 0.3 is 18.1 Å². The molecule has 0 saturated heterocycles. The van der Waals surface area contributed by atoms with E-state index in [0.29, 0.717) is 5.56 Å². The van der Waals surface area contributed by atoms with Gasteiger partial charge in [0.1, 0.15) is 36.2 Å². The molecule has 0 N–H and O–H groups in total. The number of hydrogen-bond donors (Lipinski definition) is 0. The Morgan fingerprint density at radius 1 is 0.705 bits per heavy atom. The molecule has 0 radical (unpaired) electrons. The first-order chi connectivity index (χ1) is 20.8. The third kappa shape index (κ3) is 8.73. The van der Waals surface area contributed by atoms with Crippen LogP contribution in [0.2, 0.25) is 0 Å². The van der Waals surface area contributed by atoms with Crippen LogP contribution in [0.25, 0.3) is 22.3 Å². The van der Waals surface area contributed by atoms with E-state index in [1.807, 2.05) is 0 Å². The molecule has 0 fully saturated rings. The first-order valence-corrected chi connectivity index (χ1v) is 13.6. The van der Waals surface area contributed by atoms with E-state index in [1.54, 1.807) is 38.2 Å². The molecule has 0 bridgehead atoms. The summed E-state index contributed by atoms with van der Waals surface area (Å²) in [4.78, 5) is 24.1. The SMILES string of the molecule is C=C(C)C(=O)Oc1ccc(-c2ccc(-c3ccc(OC(=O)C(=C)C)cc3OC/C=C/C)c(C(F)(F)F)c2)c(OC/C=C/C)c1. The van der Waals surface area contributed by atoms with Gasteiger partial charge in [-0.2, -0.15) is 13.2 Å². The largest absolute Gasteiger partial charge is 0.489 e. The lowest BCUT2D eigenvalue weighted by molar-refractivity contribution is -0.137. The highest BCUT2D eigenvalue weighted by Gasteiger charge is 2.35. The number of esters is 2. The average molecular weight is 607 g/mol. The van der Waals surface area contributed by atoms with Crippen molar-refractivity contribution >= 4 is 11.9 Å². The molecule has 0 aliphatic rings. The molecular formula is C35H33F3O6. The van der Waals surface area contributed by atoms with Crippen LogP contribution in [0.1, 0.15) is 33.3 Å². The van der Waals surface area contributed by atoms with Gasteiger partial charge in [-0.05, 0) is 69.2 Å². The standard InChI is InChI=1S/C35H33F3O6/c1-7-9-17-41-31-20-25(43-33(39)22(3)4)12-15-27(31)24-11-14-28(30(19-24)35(36,37)38)29-16-13-26(44-34(40)23(5)6)21-32(29)42-18-10-8-2/h7-16,19-21H,3,5,17-18H2,1-2,4,6H3/b9-7+,10-8+. The Hall–Kier alpha value is -5.05. The molecule has 0 unspecified atom stereocenters. The summed E-state index contributed by atoms with van der Waals surface area (Å²) in [7, 11) is 0. The Bertz CT molecular complexity index is 1620. The summed E-state index contributed by atoms with van der Waals surface area (Å²) < 4.78 is 66.0. The molecule has 0 aliphatic carbocycles. The van der Waals surface area contributed by atoms with Gasteiger partial charge in [0, 0.05) is 34.4 Å². The summed E-state index contributed by atoms with van der Waals surface area (Å²) in [5.41, 5.74) is 0.0113. The van der Waals surface area contributed by atoms with Gasteiger partial charge in [-0.3, -0.25) is 0 Å². The number of benzene rings is 3. The number of hydrogen-bond acceptors (Lipinski definition) is 6. The molecule has 44 heavy (non-hydrogen) atoms. The fraction of sp³-hybridized carbons (Fsp3) is 0.200. The van der Waals surface area contributed by atoms with Gasteiger partial charge in [0.25, 0.3) is 0 Å². The molecule has 0 aromatic heterocycles. The zero-order chi connectivity index (χ0) is 32.4. The molecule has 0 aliphatic heterocycles. The van der Waals surface area contributed by atoms with Gasteiger partial charge in [-0.15, -0.1) is 0 Å². The smallest absolute Gasteiger partial charge is 0.417 e. The maximum atomic E-state index is 14.6. The lowest BCUT2D eigenvalue weighted by atomic mass is 9.93. The molecule has 230 valence electrons. The van der Waals surface area contributed by atoms with Gasteiger partial charge < -0.3 is 18.9 Å². The molecule has 6 nitrogen and oxygen atoms in total. The second-order valence-electron chi connectivity index (χ2n) is 9.67. The zero-order valence-corrected chi connectivity index (χ0v) is 24.9. The quantitative estimate of drug-likeness (QED) is 0.0888. The Morgan fingerprint density at radius 3 is 1.61 bits per heavy atom. The van der Waals surface area contributed by atoms with Crippen LogP contribution in [0, 0.1) is 0 Å². The van der Waals surface area contributed by atoms with Gasteiger partial charge in [0.2, 0.25) is 0 Å². The highest BCUT2D eigenvalue weighted by atomic mass is 19.4. The van der Waals surface area contributed by atoms with E-state index in [-0.39, 0.29) is 64.0 Å². The molecule has 3 aromatic rings. The fourth-order valence-electron chi connectivity index (χ4n) is 3.87. The van der Waals surface area contributed by atoms with E-state index in [1.165, 1.54) is 62.4 Å². The topological polar surface area (TPSA) is 71.1 Å². The Labute approximate surface area is 254 Å². The van der Waals surface area contributed by atoms with Crippen LogP contribution in [0.5, 0.6) is 23.0 Å². The van der Waals surface area contributed by atoms with E-state index in [9.17, 15) is 22.8 Å². The lowest BCUT2D eigenvalue weighted by Gasteiger charge is -2.19. The summed E-state index contributed by atoms with van der Waals surface area (Å²) in [6.45, 7) is 13.9. The predicted octanol–water partition coefficient (Wildman–Crippen LogP) is 8.91. The van der Waals surface area contributed by atoms with Crippen LogP contribution >= 0.6 is 0 Å². The number of carbonyl (C=O) groups is 2. The second-order valence-corrected chi connectivity index (χ2v) is 9.67. The van der Waals surface area contributed by atoms with Crippen LogP contribution in [0.4, 0.5) is 13.2 Å². The Kier molecular flexibility index (Phi) is 11.3. The summed E-state index contributed by atoms with van der Waals surface area (Å²) >= 11 is 0. The number of allylic oxidation sites excluding steroid dienone is 2. The first kappa shape index (κ1) is 33.5. The summed E-state index contributed by atoms with van der Waals surface area (Å²) in [5.74, 6) is -0.764. The van der Waals surface area contributed by atoms with Crippen LogP contribution < -0.4 is 18.9 Å². The van der Waals surface area contributed by atoms with Gasteiger partial charge in [-0.1, -0.05) is 49.6 Å². The lowest BCUT2D eigenvalue weighted by Crippen LogP contribution is -2.10. The van der Waals surface area contributed by atoms with E-state index in [0.717, 1.165) is 6.07 Å². The van der Waals surface area contributed by atoms with Crippen LogP contribution in [0.15, 0.2) is 103 Å². The summed E-state index contributed by atoms with van der Waals surface area (Å²) in [6, 6.07) is 12.5. The summed E-state index contributed by atoms with van der Waals surface area (Å²) in [5, 5.41) is 0. The van der Waals surface area contributed by atoms with E-state index in [2.05, 4.69) is 13.2 Å². The average Bonchev–Trinajstić information content (AvgIpc) is 2.97. The highest BCUT2D eigenvalue weighted by Crippen LogP contribution is 2.44. The molecule has 0 atom stereocenters. The first-order valence-electron chi connectivity index (χ1n) is 13.6. The Morgan fingerprint density at radius 2 is 1.16 bits per heavy atom. The van der Waals surface area contributed by atoms with Crippen LogP contribution in [0.3, 0.4) is 0 Å². The molecular weight excluding hydrogens is 573 g/mol. The fourth-order valence-corrected chi connectivity index (χ4v) is 3.87. The molecule has 3 rings (SSSR count). The third-order valence-electron chi connectivity index (χ3n) is 6.09. The van der Waals surface area contributed by atoms with E-state index >= 15 is 0 Å². The maximum Gasteiger partial charge on any atom is 0.417 e. The van der Waals surface area contributed by atoms with Crippen molar-refractivity contribution in [3.05, 3.63) is 109 Å². The normalized spacial score (nSPS) is 11.4. The monoisotopic (exact) mass is 606 g/mol. The van der Waals surface area contributed by atoms with Crippen molar-refractivity contribution in [2.75, 3.05) is 13.2 Å². The minimum absolute atomic E-state index is 0.0794. The molecule has 0 amide bonds. The number of rotatable bonds is 12. The van der Waals surface area contributed by atoms with Crippen molar-refractivity contribution < 1.29 is 41.7 Å². The van der Waals surface area contributed by atoms with Crippen molar-refractivity contribution in [1.82, 2.24) is 0 Å². The Balaban J connectivity index is 2.16. The zero-order valence-electron chi connectivity index (χ0n) is 24.9. The van der Waals surface area contributed by atoms with Crippen molar-refractivity contribution in [2.24, 2.45) is 0 Å². The number of ether oxygens (including phenoxy) is 4. The number of alkyl halides is 3. The predicted molar refractivity (Wildman–Crippen MR) is 164 cm³/mol.